The number of carbonyl (C=O) groups is 1. The number of nitrogens with zero attached hydrogens (tertiary/aromatic N) is 4. The van der Waals surface area contributed by atoms with Gasteiger partial charge in [0.15, 0.2) is 0 Å². The van der Waals surface area contributed by atoms with E-state index in [0.29, 0.717) is 19.6 Å². The zero-order valence-electron chi connectivity index (χ0n) is 13.3. The summed E-state index contributed by atoms with van der Waals surface area (Å²) in [6.45, 7) is 2.50. The number of rotatable bonds is 3. The Hall–Kier alpha value is -2.95. The van der Waals surface area contributed by atoms with E-state index in [1.807, 2.05) is 52.3 Å². The number of para-hydroxylation sites is 1. The maximum absolute atomic E-state index is 12.6. The van der Waals surface area contributed by atoms with E-state index in [9.17, 15) is 4.79 Å². The highest BCUT2D eigenvalue weighted by molar-refractivity contribution is 5.92. The van der Waals surface area contributed by atoms with Gasteiger partial charge in [0, 0.05) is 25.0 Å². The highest BCUT2D eigenvalue weighted by atomic mass is 16.2. The van der Waals surface area contributed by atoms with Crippen molar-refractivity contribution in [2.75, 3.05) is 24.5 Å². The first-order valence-corrected chi connectivity index (χ1v) is 8.08. The van der Waals surface area contributed by atoms with Crippen LogP contribution in [0.15, 0.2) is 60.9 Å². The van der Waals surface area contributed by atoms with Gasteiger partial charge in [-0.1, -0.05) is 42.5 Å². The molecule has 24 heavy (non-hydrogen) atoms. The van der Waals surface area contributed by atoms with Crippen LogP contribution in [0.4, 0.5) is 5.82 Å². The number of hydrogen-bond donors (Lipinski definition) is 0. The largest absolute Gasteiger partial charge is 0.345 e. The Balaban J connectivity index is 1.53. The SMILES string of the molecule is O=C1CN(c2ncnc3ccccc23)CCN1Cc1ccccc1. The fourth-order valence-corrected chi connectivity index (χ4v) is 3.10. The fraction of sp³-hybridized carbons (Fsp3) is 0.211. The second kappa shape index (κ2) is 6.28. The van der Waals surface area contributed by atoms with Crippen molar-refractivity contribution >= 4 is 22.6 Å². The minimum atomic E-state index is 0.132. The molecular formula is C19H18N4O. The molecule has 0 radical (unpaired) electrons. The molecule has 1 saturated heterocycles. The van der Waals surface area contributed by atoms with Gasteiger partial charge in [0.05, 0.1) is 12.1 Å². The summed E-state index contributed by atoms with van der Waals surface area (Å²) in [5.74, 6) is 0.973. The molecule has 0 saturated carbocycles. The second-order valence-corrected chi connectivity index (χ2v) is 5.94. The van der Waals surface area contributed by atoms with Crippen LogP contribution in [0.3, 0.4) is 0 Å². The van der Waals surface area contributed by atoms with Gasteiger partial charge in [-0.3, -0.25) is 4.79 Å². The fourth-order valence-electron chi connectivity index (χ4n) is 3.10. The molecule has 1 fully saturated rings. The molecule has 3 aromatic rings. The lowest BCUT2D eigenvalue weighted by atomic mass is 10.2. The second-order valence-electron chi connectivity index (χ2n) is 5.94. The van der Waals surface area contributed by atoms with Gasteiger partial charge >= 0.3 is 0 Å². The lowest BCUT2D eigenvalue weighted by Crippen LogP contribution is -2.50. The maximum atomic E-state index is 12.6. The van der Waals surface area contributed by atoms with Gasteiger partial charge < -0.3 is 9.80 Å². The van der Waals surface area contributed by atoms with Crippen LogP contribution in [-0.2, 0) is 11.3 Å². The highest BCUT2D eigenvalue weighted by Crippen LogP contribution is 2.24. The monoisotopic (exact) mass is 318 g/mol. The van der Waals surface area contributed by atoms with Crippen LogP contribution in [0.2, 0.25) is 0 Å². The topological polar surface area (TPSA) is 49.3 Å². The maximum Gasteiger partial charge on any atom is 0.242 e. The van der Waals surface area contributed by atoms with Crippen molar-refractivity contribution in [2.45, 2.75) is 6.54 Å². The molecule has 0 spiro atoms. The zero-order chi connectivity index (χ0) is 16.4. The molecule has 0 bridgehead atoms. The van der Waals surface area contributed by atoms with Crippen LogP contribution in [-0.4, -0.2) is 40.4 Å². The number of benzene rings is 2. The minimum Gasteiger partial charge on any atom is -0.345 e. The molecule has 2 heterocycles. The third-order valence-corrected chi connectivity index (χ3v) is 4.36. The first-order chi connectivity index (χ1) is 11.8. The Bertz CT molecular complexity index is 860. The summed E-state index contributed by atoms with van der Waals surface area (Å²) in [6.07, 6.45) is 1.57. The Morgan fingerprint density at radius 2 is 1.71 bits per heavy atom. The summed E-state index contributed by atoms with van der Waals surface area (Å²) in [5, 5.41) is 0.990. The summed E-state index contributed by atoms with van der Waals surface area (Å²) in [5.41, 5.74) is 2.06. The van der Waals surface area contributed by atoms with Gasteiger partial charge in [0.2, 0.25) is 5.91 Å². The lowest BCUT2D eigenvalue weighted by molar-refractivity contribution is -0.131. The number of amides is 1. The van der Waals surface area contributed by atoms with E-state index >= 15 is 0 Å². The molecule has 5 heteroatoms. The van der Waals surface area contributed by atoms with E-state index in [0.717, 1.165) is 28.8 Å². The summed E-state index contributed by atoms with van der Waals surface area (Å²) < 4.78 is 0. The molecule has 4 rings (SSSR count). The molecule has 120 valence electrons. The lowest BCUT2D eigenvalue weighted by Gasteiger charge is -2.35. The quantitative estimate of drug-likeness (QED) is 0.744. The van der Waals surface area contributed by atoms with E-state index in [2.05, 4.69) is 22.1 Å². The van der Waals surface area contributed by atoms with Crippen LogP contribution in [0, 0.1) is 0 Å². The standard InChI is InChI=1S/C19H18N4O/c24-18-13-23(11-10-22(18)12-15-6-2-1-3-7-15)19-16-8-4-5-9-17(16)20-14-21-19/h1-9,14H,10-13H2. The zero-order valence-corrected chi connectivity index (χ0v) is 13.3. The number of hydrogen-bond acceptors (Lipinski definition) is 4. The van der Waals surface area contributed by atoms with E-state index in [-0.39, 0.29) is 5.91 Å². The summed E-state index contributed by atoms with van der Waals surface area (Å²) in [4.78, 5) is 25.2. The Labute approximate surface area is 140 Å². The summed E-state index contributed by atoms with van der Waals surface area (Å²) in [7, 11) is 0. The molecule has 1 amide bonds. The van der Waals surface area contributed by atoms with Gasteiger partial charge in [-0.25, -0.2) is 9.97 Å². The van der Waals surface area contributed by atoms with Crippen LogP contribution >= 0.6 is 0 Å². The highest BCUT2D eigenvalue weighted by Gasteiger charge is 2.25. The summed E-state index contributed by atoms with van der Waals surface area (Å²) >= 11 is 0. The van der Waals surface area contributed by atoms with E-state index in [1.54, 1.807) is 6.33 Å². The number of carbonyl (C=O) groups excluding carboxylic acids is 1. The van der Waals surface area contributed by atoms with Crippen molar-refractivity contribution in [3.05, 3.63) is 66.5 Å². The summed E-state index contributed by atoms with van der Waals surface area (Å²) in [6, 6.07) is 18.0. The van der Waals surface area contributed by atoms with Crippen molar-refractivity contribution in [3.63, 3.8) is 0 Å². The molecule has 2 aromatic carbocycles. The molecule has 0 aliphatic carbocycles. The van der Waals surface area contributed by atoms with E-state index < -0.39 is 0 Å². The average Bonchev–Trinajstić information content (AvgIpc) is 2.64. The van der Waals surface area contributed by atoms with Crippen LogP contribution in [0.25, 0.3) is 10.9 Å². The number of anilines is 1. The van der Waals surface area contributed by atoms with Gasteiger partial charge in [-0.15, -0.1) is 0 Å². The smallest absolute Gasteiger partial charge is 0.242 e. The van der Waals surface area contributed by atoms with Crippen molar-refractivity contribution in [1.82, 2.24) is 14.9 Å². The van der Waals surface area contributed by atoms with E-state index in [1.165, 1.54) is 0 Å². The van der Waals surface area contributed by atoms with Crippen LogP contribution in [0.5, 0.6) is 0 Å². The minimum absolute atomic E-state index is 0.132. The van der Waals surface area contributed by atoms with Crippen molar-refractivity contribution in [3.8, 4) is 0 Å². The Kier molecular flexibility index (Phi) is 3.83. The van der Waals surface area contributed by atoms with Gasteiger partial charge in [0.25, 0.3) is 0 Å². The predicted octanol–water partition coefficient (Wildman–Crippen LogP) is 2.48. The number of piperazine rings is 1. The van der Waals surface area contributed by atoms with Crippen molar-refractivity contribution < 1.29 is 4.79 Å². The van der Waals surface area contributed by atoms with Crippen molar-refractivity contribution in [2.24, 2.45) is 0 Å². The molecule has 1 aliphatic rings. The molecule has 1 aromatic heterocycles. The Morgan fingerprint density at radius 3 is 2.54 bits per heavy atom. The van der Waals surface area contributed by atoms with Crippen LogP contribution < -0.4 is 4.90 Å². The first-order valence-electron chi connectivity index (χ1n) is 8.08. The van der Waals surface area contributed by atoms with Gasteiger partial charge in [-0.05, 0) is 17.7 Å². The predicted molar refractivity (Wildman–Crippen MR) is 93.6 cm³/mol. The van der Waals surface area contributed by atoms with E-state index in [4.69, 9.17) is 0 Å². The first kappa shape index (κ1) is 14.6. The number of aromatic nitrogens is 2. The van der Waals surface area contributed by atoms with Crippen molar-refractivity contribution in [1.29, 1.82) is 0 Å². The molecule has 0 N–H and O–H groups in total. The number of fused-ring (bicyclic) bond motifs is 1. The average molecular weight is 318 g/mol. The molecular weight excluding hydrogens is 300 g/mol. The Morgan fingerprint density at radius 1 is 0.917 bits per heavy atom. The van der Waals surface area contributed by atoms with Gasteiger partial charge in [-0.2, -0.15) is 0 Å². The third kappa shape index (κ3) is 2.80. The molecule has 0 unspecified atom stereocenters. The van der Waals surface area contributed by atoms with Crippen LogP contribution in [0.1, 0.15) is 5.56 Å². The van der Waals surface area contributed by atoms with Gasteiger partial charge in [0.1, 0.15) is 12.1 Å². The molecule has 5 nitrogen and oxygen atoms in total. The molecule has 1 aliphatic heterocycles. The third-order valence-electron chi connectivity index (χ3n) is 4.36. The normalized spacial score (nSPS) is 15.1. The molecule has 0 atom stereocenters.